The fourth-order valence-corrected chi connectivity index (χ4v) is 1.61. The molecular weight excluding hydrogens is 222 g/mol. The van der Waals surface area contributed by atoms with Gasteiger partial charge in [0.25, 0.3) is 0 Å². The average Bonchev–Trinajstić information content (AvgIpc) is 2.27. The fraction of sp³-hybridized carbons (Fsp3) is 0.154. The van der Waals surface area contributed by atoms with Gasteiger partial charge >= 0.3 is 0 Å². The maximum atomic E-state index is 6.07. The summed E-state index contributed by atoms with van der Waals surface area (Å²) in [5.41, 5.74) is 1.71. The van der Waals surface area contributed by atoms with Gasteiger partial charge in [0.15, 0.2) is 0 Å². The van der Waals surface area contributed by atoms with Crippen molar-refractivity contribution >= 4 is 11.6 Å². The molecule has 0 aliphatic rings. The largest absolute Gasteiger partial charge is 0.439 e. The van der Waals surface area contributed by atoms with Crippen molar-refractivity contribution in [3.05, 3.63) is 52.7 Å². The lowest BCUT2D eigenvalue weighted by molar-refractivity contribution is 0.457. The van der Waals surface area contributed by atoms with Gasteiger partial charge in [0.05, 0.1) is 5.02 Å². The van der Waals surface area contributed by atoms with Crippen LogP contribution in [0.3, 0.4) is 0 Å². The number of benzene rings is 1. The third-order valence-corrected chi connectivity index (χ3v) is 2.64. The summed E-state index contributed by atoms with van der Waals surface area (Å²) >= 11 is 6.07. The number of para-hydroxylation sites is 1. The van der Waals surface area contributed by atoms with Gasteiger partial charge < -0.3 is 4.74 Å². The lowest BCUT2D eigenvalue weighted by atomic mass is 10.2. The zero-order chi connectivity index (χ0) is 11.5. The lowest BCUT2D eigenvalue weighted by Crippen LogP contribution is -1.94. The van der Waals surface area contributed by atoms with E-state index in [2.05, 4.69) is 4.98 Å². The third kappa shape index (κ3) is 2.34. The SMILES string of the molecule is Cc1cc(Cl)c(C)c(Oc2ccccc2)n1. The topological polar surface area (TPSA) is 22.1 Å². The molecule has 0 spiro atoms. The Hall–Kier alpha value is -1.54. The van der Waals surface area contributed by atoms with Crippen LogP contribution in [0.2, 0.25) is 5.02 Å². The number of hydrogen-bond acceptors (Lipinski definition) is 2. The number of ether oxygens (including phenoxy) is 1. The lowest BCUT2D eigenvalue weighted by Gasteiger charge is -2.09. The van der Waals surface area contributed by atoms with Crippen LogP contribution in [0.1, 0.15) is 11.3 Å². The molecule has 0 bridgehead atoms. The first-order valence-corrected chi connectivity index (χ1v) is 5.41. The summed E-state index contributed by atoms with van der Waals surface area (Å²) in [6, 6.07) is 11.4. The summed E-state index contributed by atoms with van der Waals surface area (Å²) in [6.07, 6.45) is 0. The highest BCUT2D eigenvalue weighted by atomic mass is 35.5. The van der Waals surface area contributed by atoms with E-state index in [0.717, 1.165) is 17.0 Å². The van der Waals surface area contributed by atoms with Crippen LogP contribution in [-0.2, 0) is 0 Å². The zero-order valence-corrected chi connectivity index (χ0v) is 9.95. The smallest absolute Gasteiger partial charge is 0.223 e. The molecule has 3 heteroatoms. The van der Waals surface area contributed by atoms with E-state index in [0.29, 0.717) is 10.9 Å². The van der Waals surface area contributed by atoms with Crippen molar-refractivity contribution in [1.29, 1.82) is 0 Å². The first-order valence-electron chi connectivity index (χ1n) is 5.03. The fourth-order valence-electron chi connectivity index (χ4n) is 1.37. The van der Waals surface area contributed by atoms with Crippen LogP contribution < -0.4 is 4.74 Å². The number of rotatable bonds is 2. The third-order valence-electron chi connectivity index (χ3n) is 2.25. The normalized spacial score (nSPS) is 10.2. The van der Waals surface area contributed by atoms with E-state index in [-0.39, 0.29) is 0 Å². The number of halogens is 1. The molecule has 0 radical (unpaired) electrons. The molecule has 2 rings (SSSR count). The molecule has 0 unspecified atom stereocenters. The van der Waals surface area contributed by atoms with E-state index >= 15 is 0 Å². The van der Waals surface area contributed by atoms with Gasteiger partial charge in [-0.05, 0) is 32.0 Å². The first kappa shape index (κ1) is 11.0. The molecule has 2 aromatic rings. The van der Waals surface area contributed by atoms with Crippen LogP contribution in [-0.4, -0.2) is 4.98 Å². The van der Waals surface area contributed by atoms with Crippen molar-refractivity contribution in [2.75, 3.05) is 0 Å². The molecule has 1 aromatic carbocycles. The molecule has 0 atom stereocenters. The summed E-state index contributed by atoms with van der Waals surface area (Å²) < 4.78 is 5.68. The summed E-state index contributed by atoms with van der Waals surface area (Å²) in [4.78, 5) is 4.32. The molecule has 0 amide bonds. The summed E-state index contributed by atoms with van der Waals surface area (Å²) in [5.74, 6) is 1.33. The van der Waals surface area contributed by atoms with Crippen molar-refractivity contribution in [1.82, 2.24) is 4.98 Å². The summed E-state index contributed by atoms with van der Waals surface area (Å²) in [6.45, 7) is 3.79. The first-order chi connectivity index (χ1) is 7.66. The Morgan fingerprint density at radius 2 is 1.81 bits per heavy atom. The van der Waals surface area contributed by atoms with E-state index in [1.54, 1.807) is 0 Å². The highest BCUT2D eigenvalue weighted by molar-refractivity contribution is 6.31. The van der Waals surface area contributed by atoms with Crippen LogP contribution >= 0.6 is 11.6 Å². The standard InChI is InChI=1S/C13H12ClNO/c1-9-8-12(14)10(2)13(15-9)16-11-6-4-3-5-7-11/h3-8H,1-2H3. The van der Waals surface area contributed by atoms with Crippen molar-refractivity contribution in [3.63, 3.8) is 0 Å². The Balaban J connectivity index is 2.35. The highest BCUT2D eigenvalue weighted by Gasteiger charge is 2.07. The Bertz CT molecular complexity index is 497. The van der Waals surface area contributed by atoms with Gasteiger partial charge in [-0.3, -0.25) is 0 Å². The van der Waals surface area contributed by atoms with Crippen molar-refractivity contribution in [2.24, 2.45) is 0 Å². The van der Waals surface area contributed by atoms with Gasteiger partial charge in [-0.2, -0.15) is 0 Å². The van der Waals surface area contributed by atoms with Crippen LogP contribution in [0.5, 0.6) is 11.6 Å². The predicted molar refractivity (Wildman–Crippen MR) is 65.2 cm³/mol. The second-order valence-corrected chi connectivity index (χ2v) is 4.00. The van der Waals surface area contributed by atoms with Gasteiger partial charge in [-0.25, -0.2) is 4.98 Å². The maximum absolute atomic E-state index is 6.07. The number of nitrogens with zero attached hydrogens (tertiary/aromatic N) is 1. The van der Waals surface area contributed by atoms with E-state index in [9.17, 15) is 0 Å². The number of aryl methyl sites for hydroxylation is 1. The number of hydrogen-bond donors (Lipinski definition) is 0. The Morgan fingerprint density at radius 3 is 2.50 bits per heavy atom. The second-order valence-electron chi connectivity index (χ2n) is 3.59. The molecular formula is C13H12ClNO. The monoisotopic (exact) mass is 233 g/mol. The predicted octanol–water partition coefficient (Wildman–Crippen LogP) is 4.14. The van der Waals surface area contributed by atoms with Crippen molar-refractivity contribution < 1.29 is 4.74 Å². The highest BCUT2D eigenvalue weighted by Crippen LogP contribution is 2.28. The van der Waals surface area contributed by atoms with Crippen LogP contribution in [0.15, 0.2) is 36.4 Å². The van der Waals surface area contributed by atoms with Gasteiger partial charge in [0.2, 0.25) is 5.88 Å². The number of pyridine rings is 1. The van der Waals surface area contributed by atoms with Crippen LogP contribution in [0, 0.1) is 13.8 Å². The van der Waals surface area contributed by atoms with Crippen molar-refractivity contribution in [2.45, 2.75) is 13.8 Å². The van der Waals surface area contributed by atoms with Crippen LogP contribution in [0.25, 0.3) is 0 Å². The molecule has 0 aliphatic heterocycles. The molecule has 82 valence electrons. The minimum absolute atomic E-state index is 0.566. The van der Waals surface area contributed by atoms with E-state index in [4.69, 9.17) is 16.3 Å². The zero-order valence-electron chi connectivity index (χ0n) is 9.20. The molecule has 1 heterocycles. The van der Waals surface area contributed by atoms with Gasteiger partial charge in [0, 0.05) is 11.3 Å². The summed E-state index contributed by atoms with van der Waals surface area (Å²) in [7, 11) is 0. The van der Waals surface area contributed by atoms with Gasteiger partial charge in [-0.1, -0.05) is 29.8 Å². The maximum Gasteiger partial charge on any atom is 0.223 e. The average molecular weight is 234 g/mol. The van der Waals surface area contributed by atoms with Crippen LogP contribution in [0.4, 0.5) is 0 Å². The van der Waals surface area contributed by atoms with E-state index < -0.39 is 0 Å². The minimum atomic E-state index is 0.566. The molecule has 1 aromatic heterocycles. The Kier molecular flexibility index (Phi) is 3.11. The van der Waals surface area contributed by atoms with Gasteiger partial charge in [-0.15, -0.1) is 0 Å². The van der Waals surface area contributed by atoms with Crippen molar-refractivity contribution in [3.8, 4) is 11.6 Å². The summed E-state index contributed by atoms with van der Waals surface area (Å²) in [5, 5.41) is 0.679. The second kappa shape index (κ2) is 4.54. The van der Waals surface area contributed by atoms with Gasteiger partial charge in [0.1, 0.15) is 5.75 Å². The molecule has 0 saturated carbocycles. The quantitative estimate of drug-likeness (QED) is 0.778. The molecule has 0 saturated heterocycles. The Morgan fingerprint density at radius 1 is 1.12 bits per heavy atom. The Labute approximate surface area is 99.9 Å². The molecule has 0 fully saturated rings. The molecule has 16 heavy (non-hydrogen) atoms. The number of aromatic nitrogens is 1. The molecule has 0 aliphatic carbocycles. The van der Waals surface area contributed by atoms with E-state index in [1.807, 2.05) is 50.2 Å². The molecule has 2 nitrogen and oxygen atoms in total. The van der Waals surface area contributed by atoms with E-state index in [1.165, 1.54) is 0 Å². The molecule has 0 N–H and O–H groups in total. The minimum Gasteiger partial charge on any atom is -0.439 e.